The summed E-state index contributed by atoms with van der Waals surface area (Å²) in [5.41, 5.74) is 3.31. The summed E-state index contributed by atoms with van der Waals surface area (Å²) in [5, 5.41) is 3.30. The number of nitrogens with zero attached hydrogens (tertiary/aromatic N) is 2. The van der Waals surface area contributed by atoms with Crippen molar-refractivity contribution >= 4 is 40.0 Å². The molecule has 9 heteroatoms. The van der Waals surface area contributed by atoms with Crippen LogP contribution in [0.15, 0.2) is 58.4 Å². The van der Waals surface area contributed by atoms with E-state index in [0.717, 1.165) is 18.1 Å². The number of ether oxygens (including phenoxy) is 1. The van der Waals surface area contributed by atoms with Crippen LogP contribution in [0.5, 0.6) is 0 Å². The smallest absolute Gasteiger partial charge is 0.240 e. The van der Waals surface area contributed by atoms with Crippen LogP contribution < -0.4 is 10.0 Å². The van der Waals surface area contributed by atoms with Crippen molar-refractivity contribution in [2.75, 3.05) is 34.4 Å². The van der Waals surface area contributed by atoms with Gasteiger partial charge in [0.05, 0.1) is 11.5 Å². The highest BCUT2D eigenvalue weighted by molar-refractivity contribution is 14.0. The van der Waals surface area contributed by atoms with E-state index in [1.54, 1.807) is 25.2 Å². The largest absolute Gasteiger partial charge is 0.383 e. The summed E-state index contributed by atoms with van der Waals surface area (Å²) in [7, 11) is 1.68. The Morgan fingerprint density at radius 2 is 1.90 bits per heavy atom. The van der Waals surface area contributed by atoms with E-state index in [9.17, 15) is 8.42 Å². The molecule has 2 rings (SSSR count). The van der Waals surface area contributed by atoms with Crippen LogP contribution in [-0.4, -0.2) is 53.6 Å². The normalized spacial score (nSPS) is 11.7. The van der Waals surface area contributed by atoms with Gasteiger partial charge < -0.3 is 15.0 Å². The van der Waals surface area contributed by atoms with Crippen molar-refractivity contribution < 1.29 is 13.2 Å². The summed E-state index contributed by atoms with van der Waals surface area (Å²) < 4.78 is 32.2. The summed E-state index contributed by atoms with van der Waals surface area (Å²) >= 11 is 0. The first-order valence-corrected chi connectivity index (χ1v) is 10.9. The van der Waals surface area contributed by atoms with Gasteiger partial charge in [0.1, 0.15) is 0 Å². The van der Waals surface area contributed by atoms with Crippen molar-refractivity contribution in [3.8, 4) is 0 Å². The molecule has 0 saturated carbocycles. The molecule has 0 fully saturated rings. The Labute approximate surface area is 197 Å². The number of guanidine groups is 1. The van der Waals surface area contributed by atoms with Crippen LogP contribution in [0.2, 0.25) is 0 Å². The lowest BCUT2D eigenvalue weighted by Gasteiger charge is -2.23. The monoisotopic (exact) mass is 546 g/mol. The third-order valence-corrected chi connectivity index (χ3v) is 5.96. The van der Waals surface area contributed by atoms with Gasteiger partial charge in [-0.3, -0.25) is 4.99 Å². The van der Waals surface area contributed by atoms with E-state index in [2.05, 4.69) is 34.1 Å². The lowest BCUT2D eigenvalue weighted by atomic mass is 10.1. The molecule has 0 amide bonds. The van der Waals surface area contributed by atoms with Gasteiger partial charge in [-0.05, 0) is 35.7 Å². The zero-order chi connectivity index (χ0) is 21.3. The van der Waals surface area contributed by atoms with Gasteiger partial charge in [-0.25, -0.2) is 13.1 Å². The molecule has 2 N–H and O–H groups in total. The number of benzene rings is 2. The lowest BCUT2D eigenvalue weighted by molar-refractivity contribution is 0.204. The van der Waals surface area contributed by atoms with E-state index in [4.69, 9.17) is 4.74 Å². The van der Waals surface area contributed by atoms with Gasteiger partial charge in [-0.1, -0.05) is 36.4 Å². The Morgan fingerprint density at radius 1 is 1.17 bits per heavy atom. The van der Waals surface area contributed by atoms with Crippen molar-refractivity contribution in [2.45, 2.75) is 24.9 Å². The van der Waals surface area contributed by atoms with Crippen LogP contribution in [0.1, 0.15) is 16.7 Å². The number of halogens is 1. The van der Waals surface area contributed by atoms with Crippen LogP contribution in [0.4, 0.5) is 0 Å². The highest BCUT2D eigenvalue weighted by atomic mass is 127. The minimum absolute atomic E-state index is 0. The molecule has 0 heterocycles. The summed E-state index contributed by atoms with van der Waals surface area (Å²) in [4.78, 5) is 6.61. The molecule has 0 aliphatic heterocycles. The molecular weight excluding hydrogens is 515 g/mol. The molecule has 7 nitrogen and oxygen atoms in total. The second-order valence-electron chi connectivity index (χ2n) is 6.72. The van der Waals surface area contributed by atoms with Gasteiger partial charge in [0.15, 0.2) is 5.96 Å². The maximum absolute atomic E-state index is 12.4. The zero-order valence-electron chi connectivity index (χ0n) is 17.9. The molecule has 0 atom stereocenters. The number of aliphatic imine (C=N–C) groups is 1. The van der Waals surface area contributed by atoms with Crippen LogP contribution >= 0.6 is 24.0 Å². The second-order valence-corrected chi connectivity index (χ2v) is 8.49. The number of sulfonamides is 1. The fourth-order valence-electron chi connectivity index (χ4n) is 2.87. The van der Waals surface area contributed by atoms with Gasteiger partial charge in [-0.15, -0.1) is 24.0 Å². The highest BCUT2D eigenvalue weighted by Crippen LogP contribution is 2.12. The van der Waals surface area contributed by atoms with Gasteiger partial charge >= 0.3 is 0 Å². The Hall–Kier alpha value is -1.69. The molecule has 2 aromatic rings. The molecule has 0 bridgehead atoms. The minimum atomic E-state index is -3.56. The number of methoxy groups -OCH3 is 1. The molecule has 0 unspecified atom stereocenters. The number of aryl methyl sites for hydroxylation is 1. The Morgan fingerprint density at radius 3 is 2.57 bits per heavy atom. The van der Waals surface area contributed by atoms with Gasteiger partial charge in [0.2, 0.25) is 10.0 Å². The molecule has 0 saturated heterocycles. The minimum Gasteiger partial charge on any atom is -0.383 e. The van der Waals surface area contributed by atoms with E-state index < -0.39 is 10.0 Å². The van der Waals surface area contributed by atoms with Crippen LogP contribution in [0.25, 0.3) is 0 Å². The average molecular weight is 546 g/mol. The van der Waals surface area contributed by atoms with Gasteiger partial charge in [0, 0.05) is 40.8 Å². The molecule has 30 heavy (non-hydrogen) atoms. The van der Waals surface area contributed by atoms with E-state index in [1.165, 1.54) is 18.2 Å². The number of rotatable bonds is 9. The number of hydrogen-bond acceptors (Lipinski definition) is 4. The molecule has 0 aromatic heterocycles. The molecular formula is C21H31IN4O3S. The summed E-state index contributed by atoms with van der Waals surface area (Å²) in [6, 6.07) is 15.1. The first kappa shape index (κ1) is 26.3. The maximum atomic E-state index is 12.4. The Kier molecular flexibility index (Phi) is 11.3. The van der Waals surface area contributed by atoms with E-state index in [1.807, 2.05) is 30.1 Å². The first-order chi connectivity index (χ1) is 13.9. The average Bonchev–Trinajstić information content (AvgIpc) is 2.70. The topological polar surface area (TPSA) is 83.0 Å². The fourth-order valence-corrected chi connectivity index (χ4v) is 3.95. The van der Waals surface area contributed by atoms with Crippen LogP contribution in [0, 0.1) is 6.92 Å². The first-order valence-electron chi connectivity index (χ1n) is 9.41. The summed E-state index contributed by atoms with van der Waals surface area (Å²) in [6.45, 7) is 3.84. The lowest BCUT2D eigenvalue weighted by Crippen LogP contribution is -2.38. The molecule has 0 aliphatic rings. The van der Waals surface area contributed by atoms with Gasteiger partial charge in [0.25, 0.3) is 0 Å². The van der Waals surface area contributed by atoms with Crippen LogP contribution in [-0.2, 0) is 27.8 Å². The standard InChI is InChI=1S/C21H30N4O3S.HI/c1-17-8-5-6-10-19(17)16-25(3)21(22-2)23-15-18-9-7-11-20(14-18)29(26,27)24-12-13-28-4;/h5-11,14,24H,12-13,15-16H2,1-4H3,(H,22,23);1H. The predicted octanol–water partition coefficient (Wildman–Crippen LogP) is 2.75. The van der Waals surface area contributed by atoms with Crippen molar-refractivity contribution in [3.05, 3.63) is 65.2 Å². The van der Waals surface area contributed by atoms with Crippen molar-refractivity contribution in [3.63, 3.8) is 0 Å². The molecule has 0 radical (unpaired) electrons. The molecule has 166 valence electrons. The van der Waals surface area contributed by atoms with E-state index in [0.29, 0.717) is 13.2 Å². The maximum Gasteiger partial charge on any atom is 0.240 e. The third kappa shape index (κ3) is 7.86. The molecule has 0 spiro atoms. The fraction of sp³-hybridized carbons (Fsp3) is 0.381. The van der Waals surface area contributed by atoms with Crippen molar-refractivity contribution in [1.29, 1.82) is 0 Å². The van der Waals surface area contributed by atoms with E-state index >= 15 is 0 Å². The van der Waals surface area contributed by atoms with Crippen molar-refractivity contribution in [1.82, 2.24) is 14.9 Å². The number of nitrogens with one attached hydrogen (secondary N) is 2. The summed E-state index contributed by atoms with van der Waals surface area (Å²) in [6.07, 6.45) is 0. The molecule has 0 aliphatic carbocycles. The van der Waals surface area contributed by atoms with Crippen molar-refractivity contribution in [2.24, 2.45) is 4.99 Å². The Bertz CT molecular complexity index is 935. The quantitative estimate of drug-likeness (QED) is 0.219. The Balaban J connectivity index is 0.00000450. The van der Waals surface area contributed by atoms with Gasteiger partial charge in [-0.2, -0.15) is 0 Å². The summed E-state index contributed by atoms with van der Waals surface area (Å²) in [5.74, 6) is 0.736. The SMILES string of the molecule is CN=C(NCc1cccc(S(=O)(=O)NCCOC)c1)N(C)Cc1ccccc1C.I. The number of hydrogen-bond donors (Lipinski definition) is 2. The van der Waals surface area contributed by atoms with E-state index in [-0.39, 0.29) is 35.4 Å². The predicted molar refractivity (Wildman–Crippen MR) is 132 cm³/mol. The third-order valence-electron chi connectivity index (χ3n) is 4.50. The second kappa shape index (κ2) is 12.9. The molecule has 2 aromatic carbocycles. The zero-order valence-corrected chi connectivity index (χ0v) is 21.0. The van der Waals surface area contributed by atoms with Crippen LogP contribution in [0.3, 0.4) is 0 Å². The highest BCUT2D eigenvalue weighted by Gasteiger charge is 2.14.